The second-order valence-electron chi connectivity index (χ2n) is 5.54. The maximum absolute atomic E-state index is 12.4. The summed E-state index contributed by atoms with van der Waals surface area (Å²) in [6, 6.07) is 17.3. The third-order valence-electron chi connectivity index (χ3n) is 3.65. The smallest absolute Gasteiger partial charge is 0.257 e. The van der Waals surface area contributed by atoms with Gasteiger partial charge in [-0.15, -0.1) is 0 Å². The second-order valence-corrected chi connectivity index (χ2v) is 6.78. The summed E-state index contributed by atoms with van der Waals surface area (Å²) >= 11 is 8.82. The highest BCUT2D eigenvalue weighted by Crippen LogP contribution is 2.17. The Balaban J connectivity index is 2.08. The lowest BCUT2D eigenvalue weighted by Gasteiger charge is -2.24. The Bertz CT molecular complexity index is 802. The first-order valence-corrected chi connectivity index (χ1v) is 8.98. The van der Waals surface area contributed by atoms with Crippen LogP contribution in [-0.2, 0) is 6.54 Å². The average Bonchev–Trinajstić information content (AvgIpc) is 2.61. The van der Waals surface area contributed by atoms with Crippen LogP contribution in [0.4, 0.5) is 0 Å². The summed E-state index contributed by atoms with van der Waals surface area (Å²) in [4.78, 5) is 14.3. The maximum Gasteiger partial charge on any atom is 0.257 e. The van der Waals surface area contributed by atoms with Crippen molar-refractivity contribution in [2.24, 2.45) is 0 Å². The predicted molar refractivity (Wildman–Crippen MR) is 106 cm³/mol. The number of halogens is 1. The second kappa shape index (κ2) is 9.30. The lowest BCUT2D eigenvalue weighted by atomic mass is 10.1. The fourth-order valence-corrected chi connectivity index (χ4v) is 2.85. The molecular formula is C19H18BrN3OS. The minimum atomic E-state index is -0.263. The Morgan fingerprint density at radius 1 is 1.28 bits per heavy atom. The zero-order valence-corrected chi connectivity index (χ0v) is 16.2. The van der Waals surface area contributed by atoms with Crippen LogP contribution in [0.2, 0.25) is 0 Å². The Morgan fingerprint density at radius 2 is 2.00 bits per heavy atom. The summed E-state index contributed by atoms with van der Waals surface area (Å²) in [5.74, 6) is -0.263. The molecule has 6 heteroatoms. The molecule has 0 aliphatic heterocycles. The molecule has 0 aliphatic carbocycles. The van der Waals surface area contributed by atoms with Gasteiger partial charge in [0.25, 0.3) is 5.91 Å². The van der Waals surface area contributed by atoms with Crippen molar-refractivity contribution in [2.75, 3.05) is 6.54 Å². The van der Waals surface area contributed by atoms with Gasteiger partial charge in [-0.2, -0.15) is 5.26 Å². The van der Waals surface area contributed by atoms with Crippen LogP contribution in [0.5, 0.6) is 0 Å². The van der Waals surface area contributed by atoms with Gasteiger partial charge in [-0.3, -0.25) is 10.1 Å². The minimum absolute atomic E-state index is 0.263. The summed E-state index contributed by atoms with van der Waals surface area (Å²) in [5.41, 5.74) is 2.65. The minimum Gasteiger partial charge on any atom is -0.344 e. The van der Waals surface area contributed by atoms with Crippen LogP contribution in [0.25, 0.3) is 0 Å². The molecule has 0 aliphatic rings. The van der Waals surface area contributed by atoms with Crippen LogP contribution in [0.1, 0.15) is 27.9 Å². The molecule has 0 radical (unpaired) electrons. The Kier molecular flexibility index (Phi) is 7.11. The van der Waals surface area contributed by atoms with Gasteiger partial charge in [0.05, 0.1) is 12.5 Å². The number of nitrogens with zero attached hydrogens (tertiary/aromatic N) is 2. The van der Waals surface area contributed by atoms with Gasteiger partial charge in [0.15, 0.2) is 5.11 Å². The van der Waals surface area contributed by atoms with Crippen LogP contribution in [0.15, 0.2) is 53.0 Å². The molecule has 0 fully saturated rings. The Labute approximate surface area is 161 Å². The van der Waals surface area contributed by atoms with Crippen LogP contribution in [0.3, 0.4) is 0 Å². The molecule has 0 bridgehead atoms. The van der Waals surface area contributed by atoms with Gasteiger partial charge in [-0.25, -0.2) is 0 Å². The molecule has 25 heavy (non-hydrogen) atoms. The van der Waals surface area contributed by atoms with Crippen LogP contribution < -0.4 is 5.32 Å². The third kappa shape index (κ3) is 5.66. The molecule has 0 unspecified atom stereocenters. The number of nitrogens with one attached hydrogen (secondary N) is 1. The third-order valence-corrected chi connectivity index (χ3v) is 4.87. The molecule has 2 rings (SSSR count). The largest absolute Gasteiger partial charge is 0.344 e. The molecule has 0 saturated carbocycles. The number of hydrogen-bond acceptors (Lipinski definition) is 3. The summed E-state index contributed by atoms with van der Waals surface area (Å²) < 4.78 is 0.872. The van der Waals surface area contributed by atoms with Gasteiger partial charge < -0.3 is 4.90 Å². The quantitative estimate of drug-likeness (QED) is 0.743. The van der Waals surface area contributed by atoms with Crippen molar-refractivity contribution in [3.8, 4) is 6.07 Å². The molecule has 0 spiro atoms. The van der Waals surface area contributed by atoms with Gasteiger partial charge in [0.2, 0.25) is 0 Å². The Hall–Kier alpha value is -2.23. The van der Waals surface area contributed by atoms with E-state index in [1.165, 1.54) is 0 Å². The zero-order chi connectivity index (χ0) is 18.2. The van der Waals surface area contributed by atoms with Crippen molar-refractivity contribution in [1.82, 2.24) is 10.2 Å². The number of carbonyl (C=O) groups is 1. The van der Waals surface area contributed by atoms with Gasteiger partial charge in [0.1, 0.15) is 0 Å². The predicted octanol–water partition coefficient (Wildman–Crippen LogP) is 4.19. The number of thiocarbonyl (C=S) groups is 1. The first-order valence-electron chi connectivity index (χ1n) is 7.78. The first kappa shape index (κ1) is 19.1. The van der Waals surface area contributed by atoms with Crippen molar-refractivity contribution in [1.29, 1.82) is 5.26 Å². The standard InChI is InChI=1S/C19H18BrN3OS/c1-14-8-9-16(12-17(14)20)18(24)22-19(25)23(11-5-10-21)13-15-6-3-2-4-7-15/h2-4,6-9,12H,5,11,13H2,1H3,(H,22,24,25). The van der Waals surface area contributed by atoms with Crippen LogP contribution in [-0.4, -0.2) is 22.5 Å². The molecule has 1 N–H and O–H groups in total. The van der Waals surface area contributed by atoms with Crippen molar-refractivity contribution in [3.05, 3.63) is 69.7 Å². The van der Waals surface area contributed by atoms with E-state index in [2.05, 4.69) is 27.3 Å². The molecule has 0 atom stereocenters. The fourth-order valence-electron chi connectivity index (χ4n) is 2.22. The number of carbonyl (C=O) groups excluding carboxylic acids is 1. The molecule has 4 nitrogen and oxygen atoms in total. The first-order chi connectivity index (χ1) is 12.0. The fraction of sp³-hybridized carbons (Fsp3) is 0.211. The van der Waals surface area contributed by atoms with Crippen LogP contribution in [0, 0.1) is 18.3 Å². The average molecular weight is 416 g/mol. The van der Waals surface area contributed by atoms with E-state index in [9.17, 15) is 4.79 Å². The zero-order valence-electron chi connectivity index (χ0n) is 13.8. The number of benzene rings is 2. The molecule has 0 saturated heterocycles. The van der Waals surface area contributed by atoms with Gasteiger partial charge in [0, 0.05) is 23.1 Å². The number of amides is 1. The number of rotatable bonds is 5. The molecular weight excluding hydrogens is 398 g/mol. The highest BCUT2D eigenvalue weighted by atomic mass is 79.9. The molecule has 128 valence electrons. The molecule has 1 amide bonds. The van der Waals surface area contributed by atoms with E-state index >= 15 is 0 Å². The van der Waals surface area contributed by atoms with Crippen LogP contribution >= 0.6 is 28.1 Å². The number of aryl methyl sites for hydroxylation is 1. The SMILES string of the molecule is Cc1ccc(C(=O)NC(=S)N(CCC#N)Cc2ccccc2)cc1Br. The van der Waals surface area contributed by atoms with E-state index in [1.54, 1.807) is 12.1 Å². The lowest BCUT2D eigenvalue weighted by Crippen LogP contribution is -2.42. The summed E-state index contributed by atoms with van der Waals surface area (Å²) in [6.45, 7) is 2.96. The van der Waals surface area contributed by atoms with Crippen molar-refractivity contribution in [2.45, 2.75) is 19.9 Å². The monoisotopic (exact) mass is 415 g/mol. The van der Waals surface area contributed by atoms with E-state index in [4.69, 9.17) is 17.5 Å². The van der Waals surface area contributed by atoms with E-state index in [1.807, 2.05) is 48.2 Å². The lowest BCUT2D eigenvalue weighted by molar-refractivity contribution is 0.0973. The van der Waals surface area contributed by atoms with E-state index in [0.717, 1.165) is 15.6 Å². The molecule has 0 aromatic heterocycles. The number of hydrogen-bond donors (Lipinski definition) is 1. The van der Waals surface area contributed by atoms with Gasteiger partial charge >= 0.3 is 0 Å². The van der Waals surface area contributed by atoms with E-state index in [-0.39, 0.29) is 5.91 Å². The summed E-state index contributed by atoms with van der Waals surface area (Å²) in [7, 11) is 0. The van der Waals surface area contributed by atoms with Gasteiger partial charge in [-0.05, 0) is 42.4 Å². The molecule has 2 aromatic carbocycles. The van der Waals surface area contributed by atoms with Crippen molar-refractivity contribution < 1.29 is 4.79 Å². The summed E-state index contributed by atoms with van der Waals surface area (Å²) in [6.07, 6.45) is 0.332. The number of nitriles is 1. The molecule has 0 heterocycles. The summed E-state index contributed by atoms with van der Waals surface area (Å²) in [5, 5.41) is 11.9. The van der Waals surface area contributed by atoms with E-state index in [0.29, 0.717) is 30.2 Å². The van der Waals surface area contributed by atoms with Gasteiger partial charge in [-0.1, -0.05) is 52.3 Å². The maximum atomic E-state index is 12.4. The topological polar surface area (TPSA) is 56.1 Å². The normalized spacial score (nSPS) is 9.96. The highest BCUT2D eigenvalue weighted by molar-refractivity contribution is 9.10. The van der Waals surface area contributed by atoms with Crippen molar-refractivity contribution >= 4 is 39.2 Å². The molecule has 2 aromatic rings. The van der Waals surface area contributed by atoms with E-state index < -0.39 is 0 Å². The van der Waals surface area contributed by atoms with Crippen molar-refractivity contribution in [3.63, 3.8) is 0 Å². The highest BCUT2D eigenvalue weighted by Gasteiger charge is 2.15. The Morgan fingerprint density at radius 3 is 2.64 bits per heavy atom.